The molecule has 3 fully saturated rings. The quantitative estimate of drug-likeness (QED) is 0.122. The van der Waals surface area contributed by atoms with E-state index >= 15 is 0 Å². The van der Waals surface area contributed by atoms with Gasteiger partial charge in [-0.1, -0.05) is 65.5 Å². The Morgan fingerprint density at radius 2 is 1.71 bits per heavy atom. The maximum Gasteiger partial charge on any atom is 0.259 e. The Balaban J connectivity index is 1.44. The molecule has 0 amide bonds. The normalized spacial score (nSPS) is 36.6. The highest BCUT2D eigenvalue weighted by molar-refractivity contribution is 7.44. The van der Waals surface area contributed by atoms with E-state index in [1.54, 1.807) is 5.57 Å². The number of hydrogen-bond donors (Lipinski definition) is 0. The van der Waals surface area contributed by atoms with E-state index in [0.717, 1.165) is 48.3 Å². The second-order valence-corrected chi connectivity index (χ2v) is 17.2. The van der Waals surface area contributed by atoms with Gasteiger partial charge in [0.25, 0.3) is 8.53 Å². The first-order chi connectivity index (χ1) is 19.4. The second kappa shape index (κ2) is 14.1. The minimum Gasteiger partial charge on any atom is -0.321 e. The van der Waals surface area contributed by atoms with Gasteiger partial charge in [-0.15, -0.1) is 0 Å². The van der Waals surface area contributed by atoms with Crippen LogP contribution in [0.15, 0.2) is 11.6 Å². The summed E-state index contributed by atoms with van der Waals surface area (Å²) in [4.78, 5) is 0. The molecule has 3 saturated carbocycles. The molecular weight excluding hydrogens is 523 g/mol. The third-order valence-electron chi connectivity index (χ3n) is 12.2. The number of nitrogens with zero attached hydrogens (tertiary/aromatic N) is 2. The minimum absolute atomic E-state index is 0.218. The summed E-state index contributed by atoms with van der Waals surface area (Å²) in [6.45, 7) is 22.0. The Bertz CT molecular complexity index is 919. The van der Waals surface area contributed by atoms with Crippen LogP contribution in [-0.4, -0.2) is 29.5 Å². The summed E-state index contributed by atoms with van der Waals surface area (Å²) in [5.74, 6) is 5.26. The summed E-state index contributed by atoms with van der Waals surface area (Å²) in [5, 5.41) is 9.09. The summed E-state index contributed by atoms with van der Waals surface area (Å²) in [5.41, 5.74) is 2.57. The van der Waals surface area contributed by atoms with Gasteiger partial charge in [0.05, 0.1) is 25.2 Å². The molecule has 0 bridgehead atoms. The summed E-state index contributed by atoms with van der Waals surface area (Å²) in [7, 11) is -1.17. The summed E-state index contributed by atoms with van der Waals surface area (Å²) < 4.78 is 15.5. The lowest BCUT2D eigenvalue weighted by Crippen LogP contribution is -2.51. The van der Waals surface area contributed by atoms with Crippen LogP contribution in [0.5, 0.6) is 0 Å². The van der Waals surface area contributed by atoms with Gasteiger partial charge in [-0.25, -0.2) is 4.67 Å². The molecule has 3 unspecified atom stereocenters. The van der Waals surface area contributed by atoms with Crippen molar-refractivity contribution in [2.45, 2.75) is 158 Å². The minimum atomic E-state index is -1.17. The molecule has 4 rings (SSSR count). The van der Waals surface area contributed by atoms with Crippen molar-refractivity contribution in [3.8, 4) is 6.07 Å². The molecule has 234 valence electrons. The molecule has 4 aliphatic rings. The van der Waals surface area contributed by atoms with Crippen LogP contribution in [0.2, 0.25) is 0 Å². The van der Waals surface area contributed by atoms with Gasteiger partial charge in [-0.2, -0.15) is 5.26 Å². The number of allylic oxidation sites excluding steroid dienone is 1. The van der Waals surface area contributed by atoms with Crippen LogP contribution >= 0.6 is 8.53 Å². The second-order valence-electron chi connectivity index (χ2n) is 15.8. The molecule has 0 heterocycles. The van der Waals surface area contributed by atoms with Crippen LogP contribution in [0.4, 0.5) is 0 Å². The van der Waals surface area contributed by atoms with Gasteiger partial charge in [-0.05, 0) is 125 Å². The largest absolute Gasteiger partial charge is 0.321 e. The Hall–Kier alpha value is -0.460. The molecule has 0 aromatic heterocycles. The number of nitriles is 1. The van der Waals surface area contributed by atoms with Gasteiger partial charge >= 0.3 is 0 Å². The van der Waals surface area contributed by atoms with Gasteiger partial charge in [0.15, 0.2) is 0 Å². The van der Waals surface area contributed by atoms with Gasteiger partial charge in [-0.3, -0.25) is 0 Å². The Morgan fingerprint density at radius 1 is 0.976 bits per heavy atom. The summed E-state index contributed by atoms with van der Waals surface area (Å²) >= 11 is 0. The standard InChI is InChI=1S/C36H63N2O2P/c1-25(2)12-10-13-28(7)32-16-17-33-31-15-14-29-24-30(18-20-35(29,8)34(31)19-21-36(32,33)9)40-41(39-23-11-22-37)38(26(3)4)27(5)6/h14,25-28,30-34H,10-13,15-21,23-24H2,1-9H3/t28-,30+,31+,32-,33?,34?,35+,36-,41?/m1/s1. The fourth-order valence-electron chi connectivity index (χ4n) is 10.2. The zero-order valence-electron chi connectivity index (χ0n) is 28.1. The van der Waals surface area contributed by atoms with Gasteiger partial charge in [0.2, 0.25) is 0 Å². The smallest absolute Gasteiger partial charge is 0.259 e. The third kappa shape index (κ3) is 7.11. The highest BCUT2D eigenvalue weighted by Gasteiger charge is 2.59. The van der Waals surface area contributed by atoms with Crippen LogP contribution in [-0.2, 0) is 9.05 Å². The highest BCUT2D eigenvalue weighted by Crippen LogP contribution is 2.67. The predicted molar refractivity (Wildman–Crippen MR) is 173 cm³/mol. The first kappa shape index (κ1) is 33.4. The lowest BCUT2D eigenvalue weighted by molar-refractivity contribution is -0.0565. The fourth-order valence-corrected chi connectivity index (χ4v) is 11.9. The van der Waals surface area contributed by atoms with E-state index in [0.29, 0.717) is 35.9 Å². The van der Waals surface area contributed by atoms with Crippen LogP contribution < -0.4 is 0 Å². The molecular formula is C36H63N2O2P. The van der Waals surface area contributed by atoms with Crippen molar-refractivity contribution in [2.75, 3.05) is 6.61 Å². The van der Waals surface area contributed by atoms with E-state index < -0.39 is 8.53 Å². The van der Waals surface area contributed by atoms with Crippen LogP contribution in [0.1, 0.15) is 139 Å². The Labute approximate surface area is 255 Å². The fraction of sp³-hybridized carbons (Fsp3) is 0.917. The molecule has 0 spiro atoms. The van der Waals surface area contributed by atoms with Crippen LogP contribution in [0.3, 0.4) is 0 Å². The SMILES string of the molecule is CC(C)CCC[C@@H](C)[C@H]1CCC2[C@@H]3CC=C4C[C@@H](OP(OCCC#N)N(C(C)C)C(C)C)CC[C@]4(C)C3CC[C@@]21C. The molecule has 0 aromatic carbocycles. The first-order valence-electron chi connectivity index (χ1n) is 17.4. The van der Waals surface area contributed by atoms with E-state index in [4.69, 9.17) is 14.3 Å². The van der Waals surface area contributed by atoms with Crippen LogP contribution in [0, 0.1) is 57.7 Å². The van der Waals surface area contributed by atoms with Gasteiger partial charge in [0, 0.05) is 12.1 Å². The zero-order chi connectivity index (χ0) is 29.9. The maximum absolute atomic E-state index is 9.09. The van der Waals surface area contributed by atoms with Crippen LogP contribution in [0.25, 0.3) is 0 Å². The van der Waals surface area contributed by atoms with Crippen molar-refractivity contribution in [1.82, 2.24) is 4.67 Å². The Kier molecular flexibility index (Phi) is 11.5. The highest BCUT2D eigenvalue weighted by atomic mass is 31.2. The van der Waals surface area contributed by atoms with E-state index in [2.05, 4.69) is 79.1 Å². The molecule has 0 aromatic rings. The molecule has 4 nitrogen and oxygen atoms in total. The van der Waals surface area contributed by atoms with E-state index in [-0.39, 0.29) is 6.10 Å². The molecule has 0 radical (unpaired) electrons. The monoisotopic (exact) mass is 586 g/mol. The van der Waals surface area contributed by atoms with Crippen molar-refractivity contribution >= 4 is 8.53 Å². The van der Waals surface area contributed by atoms with Crippen molar-refractivity contribution in [3.05, 3.63) is 11.6 Å². The number of hydrogen-bond acceptors (Lipinski definition) is 4. The average Bonchev–Trinajstić information content (AvgIpc) is 3.25. The van der Waals surface area contributed by atoms with Gasteiger partial charge < -0.3 is 9.05 Å². The predicted octanol–water partition coefficient (Wildman–Crippen LogP) is 10.7. The van der Waals surface area contributed by atoms with Gasteiger partial charge in [0.1, 0.15) is 0 Å². The van der Waals surface area contributed by atoms with Crippen molar-refractivity contribution in [2.24, 2.45) is 46.3 Å². The molecule has 9 atom stereocenters. The van der Waals surface area contributed by atoms with E-state index in [1.165, 1.54) is 57.8 Å². The third-order valence-corrected chi connectivity index (χ3v) is 14.3. The van der Waals surface area contributed by atoms with Crippen molar-refractivity contribution in [3.63, 3.8) is 0 Å². The molecule has 5 heteroatoms. The van der Waals surface area contributed by atoms with E-state index in [1.807, 2.05) is 0 Å². The van der Waals surface area contributed by atoms with Crippen molar-refractivity contribution in [1.29, 1.82) is 5.26 Å². The lowest BCUT2D eigenvalue weighted by atomic mass is 9.47. The summed E-state index contributed by atoms with van der Waals surface area (Å²) in [6.07, 6.45) is 18.0. The topological polar surface area (TPSA) is 45.5 Å². The number of fused-ring (bicyclic) bond motifs is 5. The molecule has 0 aliphatic heterocycles. The molecule has 41 heavy (non-hydrogen) atoms. The van der Waals surface area contributed by atoms with Crippen molar-refractivity contribution < 1.29 is 9.05 Å². The average molecular weight is 587 g/mol. The molecule has 4 aliphatic carbocycles. The Morgan fingerprint density at radius 3 is 2.37 bits per heavy atom. The number of rotatable bonds is 13. The first-order valence-corrected chi connectivity index (χ1v) is 18.5. The summed E-state index contributed by atoms with van der Waals surface area (Å²) in [6, 6.07) is 2.92. The molecule has 0 N–H and O–H groups in total. The maximum atomic E-state index is 9.09. The van der Waals surface area contributed by atoms with E-state index in [9.17, 15) is 0 Å². The lowest BCUT2D eigenvalue weighted by Gasteiger charge is -2.58. The molecule has 0 saturated heterocycles. The zero-order valence-corrected chi connectivity index (χ0v) is 29.0.